The van der Waals surface area contributed by atoms with E-state index in [4.69, 9.17) is 5.73 Å². The number of rotatable bonds is 2. The number of nitrogens with zero attached hydrogens (tertiary/aromatic N) is 1. The van der Waals surface area contributed by atoms with E-state index in [1.165, 1.54) is 23.9 Å². The fraction of sp³-hybridized carbons (Fsp3) is 0.471. The van der Waals surface area contributed by atoms with E-state index in [2.05, 4.69) is 30.5 Å². The van der Waals surface area contributed by atoms with Gasteiger partial charge in [0.05, 0.1) is 5.52 Å². The number of fused-ring (bicyclic) bond motifs is 1. The minimum absolute atomic E-state index is 0.320. The molecule has 1 aliphatic carbocycles. The predicted octanol–water partition coefficient (Wildman–Crippen LogP) is 3.80. The molecule has 3 nitrogen and oxygen atoms in total. The molecule has 0 bridgehead atoms. The van der Waals surface area contributed by atoms with E-state index in [1.807, 2.05) is 12.1 Å². The summed E-state index contributed by atoms with van der Waals surface area (Å²) < 4.78 is 2.21. The average Bonchev–Trinajstić information content (AvgIpc) is 2.81. The molecule has 2 aromatic rings. The maximum Gasteiger partial charge on any atom is 0.265 e. The quantitative estimate of drug-likeness (QED) is 0.886. The third-order valence-corrected chi connectivity index (χ3v) is 4.66. The molecule has 20 heavy (non-hydrogen) atoms. The zero-order valence-corrected chi connectivity index (χ0v) is 12.2. The summed E-state index contributed by atoms with van der Waals surface area (Å²) in [6.45, 7) is 4.42. The molecular weight excluding hydrogens is 248 g/mol. The first-order valence-electron chi connectivity index (χ1n) is 7.48. The van der Waals surface area contributed by atoms with Crippen LogP contribution in [0.5, 0.6) is 0 Å². The molecule has 3 rings (SSSR count). The van der Waals surface area contributed by atoms with Crippen molar-refractivity contribution in [2.45, 2.75) is 45.6 Å². The van der Waals surface area contributed by atoms with Crippen LogP contribution in [0.15, 0.2) is 24.3 Å². The number of para-hydroxylation sites is 1. The lowest BCUT2D eigenvalue weighted by atomic mass is 9.87. The van der Waals surface area contributed by atoms with Crippen LogP contribution in [0.2, 0.25) is 0 Å². The van der Waals surface area contributed by atoms with Gasteiger partial charge in [-0.2, -0.15) is 0 Å². The topological polar surface area (TPSA) is 48.0 Å². The molecular formula is C17H22N2O. The smallest absolute Gasteiger partial charge is 0.265 e. The van der Waals surface area contributed by atoms with Gasteiger partial charge in [-0.05, 0) is 50.2 Å². The van der Waals surface area contributed by atoms with Crippen molar-refractivity contribution in [3.8, 4) is 0 Å². The lowest BCUT2D eigenvalue weighted by Crippen LogP contribution is -2.23. The maximum absolute atomic E-state index is 11.8. The van der Waals surface area contributed by atoms with Crippen LogP contribution in [-0.4, -0.2) is 10.5 Å². The van der Waals surface area contributed by atoms with E-state index >= 15 is 0 Å². The number of primary amides is 1. The molecule has 0 aliphatic heterocycles. The van der Waals surface area contributed by atoms with Crippen LogP contribution >= 0.6 is 0 Å². The zero-order chi connectivity index (χ0) is 14.3. The number of hydrogen-bond donors (Lipinski definition) is 1. The van der Waals surface area contributed by atoms with Gasteiger partial charge < -0.3 is 10.3 Å². The standard InChI is InChI=1S/C17H22N2O/c1-11-6-8-14(9-7-11)19-15(17(18)20)10-13-5-3-4-12(2)16(13)19/h3-5,10-11,14H,6-9H2,1-2H3,(H2,18,20). The number of benzene rings is 1. The first-order valence-corrected chi connectivity index (χ1v) is 7.48. The molecule has 1 saturated carbocycles. The molecule has 1 aromatic carbocycles. The predicted molar refractivity (Wildman–Crippen MR) is 81.9 cm³/mol. The van der Waals surface area contributed by atoms with Crippen LogP contribution in [0.1, 0.15) is 54.7 Å². The van der Waals surface area contributed by atoms with Crippen LogP contribution in [0, 0.1) is 12.8 Å². The first-order chi connectivity index (χ1) is 9.58. The summed E-state index contributed by atoms with van der Waals surface area (Å²) in [7, 11) is 0. The van der Waals surface area contributed by atoms with E-state index in [9.17, 15) is 4.79 Å². The number of hydrogen-bond acceptors (Lipinski definition) is 1. The summed E-state index contributed by atoms with van der Waals surface area (Å²) in [4.78, 5) is 11.8. The number of amides is 1. The molecule has 0 unspecified atom stereocenters. The van der Waals surface area contributed by atoms with E-state index in [0.29, 0.717) is 11.7 Å². The molecule has 1 aromatic heterocycles. The van der Waals surface area contributed by atoms with Crippen molar-refractivity contribution < 1.29 is 4.79 Å². The van der Waals surface area contributed by atoms with E-state index in [-0.39, 0.29) is 5.91 Å². The van der Waals surface area contributed by atoms with Crippen molar-refractivity contribution in [3.05, 3.63) is 35.5 Å². The number of nitrogens with two attached hydrogens (primary N) is 1. The van der Waals surface area contributed by atoms with Crippen LogP contribution in [-0.2, 0) is 0 Å². The SMILES string of the molecule is Cc1cccc2cc(C(N)=O)n(C3CCC(C)CC3)c12. The van der Waals surface area contributed by atoms with Crippen molar-refractivity contribution in [3.63, 3.8) is 0 Å². The van der Waals surface area contributed by atoms with Gasteiger partial charge >= 0.3 is 0 Å². The molecule has 1 fully saturated rings. The second-order valence-corrected chi connectivity index (χ2v) is 6.19. The normalized spacial score (nSPS) is 23.1. The second-order valence-electron chi connectivity index (χ2n) is 6.19. The minimum atomic E-state index is -0.320. The van der Waals surface area contributed by atoms with Gasteiger partial charge in [0.15, 0.2) is 0 Å². The Labute approximate surface area is 119 Å². The minimum Gasteiger partial charge on any atom is -0.364 e. The lowest BCUT2D eigenvalue weighted by molar-refractivity contribution is 0.0988. The number of carbonyl (C=O) groups excluding carboxylic acids is 1. The highest BCUT2D eigenvalue weighted by Crippen LogP contribution is 2.36. The Kier molecular flexibility index (Phi) is 3.28. The van der Waals surface area contributed by atoms with Crippen molar-refractivity contribution in [1.29, 1.82) is 0 Å². The number of aromatic nitrogens is 1. The van der Waals surface area contributed by atoms with Gasteiger partial charge in [0, 0.05) is 11.4 Å². The van der Waals surface area contributed by atoms with Gasteiger partial charge in [0.25, 0.3) is 5.91 Å². The van der Waals surface area contributed by atoms with Crippen molar-refractivity contribution in [1.82, 2.24) is 4.57 Å². The molecule has 3 heteroatoms. The third-order valence-electron chi connectivity index (χ3n) is 4.66. The second kappa shape index (κ2) is 4.97. The zero-order valence-electron chi connectivity index (χ0n) is 12.2. The highest BCUT2D eigenvalue weighted by Gasteiger charge is 2.25. The molecule has 1 heterocycles. The molecule has 1 amide bonds. The van der Waals surface area contributed by atoms with Crippen molar-refractivity contribution in [2.24, 2.45) is 11.7 Å². The number of carbonyl (C=O) groups is 1. The summed E-state index contributed by atoms with van der Waals surface area (Å²) in [5.41, 5.74) is 8.66. The summed E-state index contributed by atoms with van der Waals surface area (Å²) >= 11 is 0. The Hall–Kier alpha value is -1.77. The van der Waals surface area contributed by atoms with E-state index < -0.39 is 0 Å². The van der Waals surface area contributed by atoms with Crippen LogP contribution in [0.3, 0.4) is 0 Å². The Morgan fingerprint density at radius 2 is 1.95 bits per heavy atom. The average molecular weight is 270 g/mol. The van der Waals surface area contributed by atoms with Crippen LogP contribution in [0.4, 0.5) is 0 Å². The molecule has 2 N–H and O–H groups in total. The highest BCUT2D eigenvalue weighted by molar-refractivity contribution is 5.98. The summed E-state index contributed by atoms with van der Waals surface area (Å²) in [5, 5.41) is 1.12. The monoisotopic (exact) mass is 270 g/mol. The summed E-state index contributed by atoms with van der Waals surface area (Å²) in [6, 6.07) is 8.57. The Morgan fingerprint density at radius 3 is 2.60 bits per heavy atom. The molecule has 0 spiro atoms. The van der Waals surface area contributed by atoms with Gasteiger partial charge in [-0.1, -0.05) is 25.1 Å². The Bertz CT molecular complexity index is 648. The van der Waals surface area contributed by atoms with Crippen LogP contribution < -0.4 is 5.73 Å². The highest BCUT2D eigenvalue weighted by atomic mass is 16.1. The lowest BCUT2D eigenvalue weighted by Gasteiger charge is -2.29. The van der Waals surface area contributed by atoms with Crippen LogP contribution in [0.25, 0.3) is 10.9 Å². The Morgan fingerprint density at radius 1 is 1.25 bits per heavy atom. The fourth-order valence-electron chi connectivity index (χ4n) is 3.53. The van der Waals surface area contributed by atoms with E-state index in [0.717, 1.165) is 24.1 Å². The molecule has 0 saturated heterocycles. The maximum atomic E-state index is 11.8. The molecule has 106 valence electrons. The Balaban J connectivity index is 2.16. The largest absolute Gasteiger partial charge is 0.364 e. The molecule has 1 aliphatic rings. The van der Waals surface area contributed by atoms with Gasteiger partial charge in [0.2, 0.25) is 0 Å². The third kappa shape index (κ3) is 2.11. The molecule has 0 atom stereocenters. The summed E-state index contributed by atoms with van der Waals surface area (Å²) in [6.07, 6.45) is 4.74. The fourth-order valence-corrected chi connectivity index (χ4v) is 3.53. The van der Waals surface area contributed by atoms with Gasteiger partial charge in [-0.25, -0.2) is 0 Å². The van der Waals surface area contributed by atoms with E-state index in [1.54, 1.807) is 0 Å². The van der Waals surface area contributed by atoms with Gasteiger partial charge in [-0.15, -0.1) is 0 Å². The summed E-state index contributed by atoms with van der Waals surface area (Å²) in [5.74, 6) is 0.477. The first kappa shape index (κ1) is 13.2. The van der Waals surface area contributed by atoms with Crippen molar-refractivity contribution in [2.75, 3.05) is 0 Å². The van der Waals surface area contributed by atoms with Gasteiger partial charge in [0.1, 0.15) is 5.69 Å². The van der Waals surface area contributed by atoms with Gasteiger partial charge in [-0.3, -0.25) is 4.79 Å². The number of aryl methyl sites for hydroxylation is 1. The molecule has 0 radical (unpaired) electrons. The van der Waals surface area contributed by atoms with Crippen molar-refractivity contribution >= 4 is 16.8 Å².